The van der Waals surface area contributed by atoms with Crippen LogP contribution >= 0.6 is 7.14 Å². The van der Waals surface area contributed by atoms with E-state index in [2.05, 4.69) is 32.7 Å². The quantitative estimate of drug-likeness (QED) is 0.428. The Bertz CT molecular complexity index is 1530. The molecule has 0 amide bonds. The zero-order valence-electron chi connectivity index (χ0n) is 19.2. The van der Waals surface area contributed by atoms with Crippen LogP contribution in [0.4, 0.5) is 11.6 Å². The topological polar surface area (TPSA) is 107 Å². The van der Waals surface area contributed by atoms with Crippen LogP contribution < -0.4 is 21.6 Å². The SMILES string of the molecule is CP(C)(=O)c1cccc(-n2c3nc(Nc4ccc5c(c4)CNCC5)ncc3c(=O)n2C2CC2)n1. The van der Waals surface area contributed by atoms with E-state index in [4.69, 9.17) is 4.98 Å². The van der Waals surface area contributed by atoms with Gasteiger partial charge in [-0.25, -0.2) is 19.3 Å². The molecule has 10 heteroatoms. The minimum absolute atomic E-state index is 0.103. The molecule has 34 heavy (non-hydrogen) atoms. The minimum Gasteiger partial charge on any atom is -0.324 e. The van der Waals surface area contributed by atoms with E-state index in [1.165, 1.54) is 11.1 Å². The van der Waals surface area contributed by atoms with Crippen LogP contribution in [0.15, 0.2) is 47.4 Å². The van der Waals surface area contributed by atoms with Crippen molar-refractivity contribution in [3.05, 3.63) is 64.1 Å². The second kappa shape index (κ2) is 7.89. The van der Waals surface area contributed by atoms with Crippen LogP contribution in [0.25, 0.3) is 16.9 Å². The van der Waals surface area contributed by atoms with E-state index < -0.39 is 7.14 Å². The molecular formula is C24H26N7O2P. The molecule has 0 bridgehead atoms. The third kappa shape index (κ3) is 3.75. The molecule has 174 valence electrons. The molecule has 4 aromatic rings. The van der Waals surface area contributed by atoms with Gasteiger partial charge in [0.2, 0.25) is 5.95 Å². The predicted molar refractivity (Wildman–Crippen MR) is 133 cm³/mol. The molecular weight excluding hydrogens is 449 g/mol. The maximum absolute atomic E-state index is 13.3. The number of nitrogens with one attached hydrogen (secondary N) is 2. The van der Waals surface area contributed by atoms with Crippen LogP contribution in [0.2, 0.25) is 0 Å². The first-order chi connectivity index (χ1) is 16.4. The van der Waals surface area contributed by atoms with Crippen molar-refractivity contribution in [3.63, 3.8) is 0 Å². The first-order valence-electron chi connectivity index (χ1n) is 11.5. The number of fused-ring (bicyclic) bond motifs is 2. The zero-order chi connectivity index (χ0) is 23.4. The Morgan fingerprint density at radius 3 is 2.76 bits per heavy atom. The van der Waals surface area contributed by atoms with Crippen LogP contribution in [0.5, 0.6) is 0 Å². The molecule has 4 heterocycles. The Labute approximate surface area is 196 Å². The Balaban J connectivity index is 1.47. The number of aromatic nitrogens is 5. The molecule has 2 aliphatic rings. The monoisotopic (exact) mass is 475 g/mol. The molecule has 6 rings (SSSR count). The summed E-state index contributed by atoms with van der Waals surface area (Å²) >= 11 is 0. The molecule has 0 saturated heterocycles. The van der Waals surface area contributed by atoms with Gasteiger partial charge in [-0.2, -0.15) is 4.98 Å². The van der Waals surface area contributed by atoms with Gasteiger partial charge in [-0.05, 0) is 74.5 Å². The Morgan fingerprint density at radius 2 is 1.97 bits per heavy atom. The lowest BCUT2D eigenvalue weighted by Gasteiger charge is -2.18. The molecule has 0 atom stereocenters. The lowest BCUT2D eigenvalue weighted by atomic mass is 10.0. The average molecular weight is 475 g/mol. The van der Waals surface area contributed by atoms with Crippen LogP contribution in [-0.4, -0.2) is 44.2 Å². The number of hydrogen-bond donors (Lipinski definition) is 2. The maximum Gasteiger partial charge on any atom is 0.278 e. The molecule has 3 aromatic heterocycles. The first kappa shape index (κ1) is 21.3. The summed E-state index contributed by atoms with van der Waals surface area (Å²) in [7, 11) is -2.57. The molecule has 1 aromatic carbocycles. The van der Waals surface area contributed by atoms with E-state index in [1.807, 2.05) is 18.2 Å². The van der Waals surface area contributed by atoms with Gasteiger partial charge in [-0.1, -0.05) is 12.1 Å². The summed E-state index contributed by atoms with van der Waals surface area (Å²) in [4.78, 5) is 27.1. The molecule has 1 saturated carbocycles. The normalized spacial score (nSPS) is 15.9. The molecule has 1 aliphatic heterocycles. The summed E-state index contributed by atoms with van der Waals surface area (Å²) < 4.78 is 16.2. The second-order valence-electron chi connectivity index (χ2n) is 9.36. The van der Waals surface area contributed by atoms with Gasteiger partial charge in [-0.3, -0.25) is 4.79 Å². The summed E-state index contributed by atoms with van der Waals surface area (Å²) in [6.07, 6.45) is 4.46. The molecule has 1 aliphatic carbocycles. The van der Waals surface area contributed by atoms with Crippen molar-refractivity contribution in [2.45, 2.75) is 31.8 Å². The lowest BCUT2D eigenvalue weighted by molar-refractivity contribution is 0.553. The maximum atomic E-state index is 13.3. The Hall–Kier alpha value is -3.29. The van der Waals surface area contributed by atoms with Gasteiger partial charge in [0.05, 0.1) is 6.04 Å². The predicted octanol–water partition coefficient (Wildman–Crippen LogP) is 2.95. The number of pyridine rings is 1. The first-order valence-corrected chi connectivity index (χ1v) is 14.1. The lowest BCUT2D eigenvalue weighted by Crippen LogP contribution is -2.23. The highest BCUT2D eigenvalue weighted by atomic mass is 31.2. The standard InChI is InChI=1S/C24H26N7O2P/c1-34(2,33)21-5-3-4-20(28-21)31-22-19(23(32)30(31)18-8-9-18)14-26-24(29-22)27-17-7-6-15-10-11-25-13-16(15)12-17/h3-7,12,14,18,25H,8-11,13H2,1-2H3,(H,26,27,29). The summed E-state index contributed by atoms with van der Waals surface area (Å²) in [6, 6.07) is 11.8. The van der Waals surface area contributed by atoms with E-state index in [0.29, 0.717) is 28.2 Å². The highest BCUT2D eigenvalue weighted by molar-refractivity contribution is 7.69. The fourth-order valence-corrected chi connectivity index (χ4v) is 5.23. The molecule has 1 fully saturated rings. The van der Waals surface area contributed by atoms with E-state index in [1.54, 1.807) is 35.0 Å². The molecule has 0 unspecified atom stereocenters. The molecule has 0 radical (unpaired) electrons. The van der Waals surface area contributed by atoms with E-state index in [9.17, 15) is 9.36 Å². The van der Waals surface area contributed by atoms with Gasteiger partial charge >= 0.3 is 0 Å². The van der Waals surface area contributed by atoms with Crippen LogP contribution in [0, 0.1) is 0 Å². The average Bonchev–Trinajstić information content (AvgIpc) is 3.62. The summed E-state index contributed by atoms with van der Waals surface area (Å²) in [6.45, 7) is 5.23. The van der Waals surface area contributed by atoms with Gasteiger partial charge in [0.25, 0.3) is 5.56 Å². The summed E-state index contributed by atoms with van der Waals surface area (Å²) in [5.74, 6) is 0.940. The number of nitrogens with zero attached hydrogens (tertiary/aromatic N) is 5. The van der Waals surface area contributed by atoms with Crippen molar-refractivity contribution < 1.29 is 4.57 Å². The van der Waals surface area contributed by atoms with Crippen molar-refractivity contribution >= 4 is 35.2 Å². The van der Waals surface area contributed by atoms with Crippen LogP contribution in [0.3, 0.4) is 0 Å². The zero-order valence-corrected chi connectivity index (χ0v) is 20.0. The Morgan fingerprint density at radius 1 is 1.12 bits per heavy atom. The van der Waals surface area contributed by atoms with E-state index in [-0.39, 0.29) is 11.6 Å². The smallest absolute Gasteiger partial charge is 0.278 e. The highest BCUT2D eigenvalue weighted by Crippen LogP contribution is 2.36. The third-order valence-electron chi connectivity index (χ3n) is 6.35. The van der Waals surface area contributed by atoms with Gasteiger partial charge in [0.15, 0.2) is 11.5 Å². The number of anilines is 2. The van der Waals surface area contributed by atoms with Gasteiger partial charge in [-0.15, -0.1) is 0 Å². The van der Waals surface area contributed by atoms with E-state index in [0.717, 1.165) is 38.0 Å². The number of hydrogen-bond acceptors (Lipinski definition) is 7. The van der Waals surface area contributed by atoms with Crippen molar-refractivity contribution in [2.75, 3.05) is 25.2 Å². The van der Waals surface area contributed by atoms with Crippen LogP contribution in [-0.2, 0) is 17.5 Å². The largest absolute Gasteiger partial charge is 0.324 e. The number of benzene rings is 1. The van der Waals surface area contributed by atoms with Gasteiger partial charge < -0.3 is 15.2 Å². The van der Waals surface area contributed by atoms with Crippen molar-refractivity contribution in [2.24, 2.45) is 0 Å². The summed E-state index contributed by atoms with van der Waals surface area (Å²) in [5, 5.41) is 7.13. The minimum atomic E-state index is -2.57. The second-order valence-corrected chi connectivity index (χ2v) is 12.5. The van der Waals surface area contributed by atoms with Crippen molar-refractivity contribution in [1.29, 1.82) is 0 Å². The van der Waals surface area contributed by atoms with Gasteiger partial charge in [0, 0.05) is 18.4 Å². The third-order valence-corrected chi connectivity index (χ3v) is 7.71. The highest BCUT2D eigenvalue weighted by Gasteiger charge is 2.31. The van der Waals surface area contributed by atoms with Gasteiger partial charge in [0.1, 0.15) is 18.0 Å². The summed E-state index contributed by atoms with van der Waals surface area (Å²) in [5.41, 5.74) is 4.39. The molecule has 9 nitrogen and oxygen atoms in total. The van der Waals surface area contributed by atoms with Crippen molar-refractivity contribution in [1.82, 2.24) is 29.6 Å². The molecule has 2 N–H and O–H groups in total. The fourth-order valence-electron chi connectivity index (χ4n) is 4.45. The van der Waals surface area contributed by atoms with Crippen molar-refractivity contribution in [3.8, 4) is 5.82 Å². The fraction of sp³-hybridized carbons (Fsp3) is 0.333. The molecule has 0 spiro atoms. The van der Waals surface area contributed by atoms with Crippen LogP contribution in [0.1, 0.15) is 30.0 Å². The Kier molecular flexibility index (Phi) is 4.93. The van der Waals surface area contributed by atoms with E-state index >= 15 is 0 Å². The number of rotatable bonds is 5.